The number of hydrogen-bond acceptors (Lipinski definition) is 4. The Labute approximate surface area is 197 Å². The lowest BCUT2D eigenvalue weighted by Crippen LogP contribution is -2.46. The molecular weight excluding hydrogens is 428 g/mol. The molecule has 7 nitrogen and oxygen atoms in total. The van der Waals surface area contributed by atoms with Crippen molar-refractivity contribution in [3.8, 4) is 22.6 Å². The smallest absolute Gasteiger partial charge is 0.275 e. The van der Waals surface area contributed by atoms with Crippen LogP contribution in [0.4, 0.5) is 0 Å². The van der Waals surface area contributed by atoms with E-state index in [0.29, 0.717) is 37.6 Å². The summed E-state index contributed by atoms with van der Waals surface area (Å²) >= 11 is 0. The van der Waals surface area contributed by atoms with Crippen LogP contribution in [0, 0.1) is 13.8 Å². The molecule has 3 heterocycles. The molecule has 1 aliphatic rings. The van der Waals surface area contributed by atoms with Crippen molar-refractivity contribution >= 4 is 5.91 Å². The van der Waals surface area contributed by atoms with Crippen molar-refractivity contribution in [3.05, 3.63) is 100 Å². The molecule has 1 amide bonds. The van der Waals surface area contributed by atoms with Gasteiger partial charge in [0, 0.05) is 24.8 Å². The molecule has 0 fully saturated rings. The van der Waals surface area contributed by atoms with Crippen LogP contribution in [-0.2, 0) is 6.54 Å². The number of pyridine rings is 1. The highest BCUT2D eigenvalue weighted by atomic mass is 16.5. The zero-order chi connectivity index (χ0) is 23.7. The number of nitrogens with zero attached hydrogens (tertiary/aromatic N) is 4. The topological polar surface area (TPSA) is 69.4 Å². The van der Waals surface area contributed by atoms with Gasteiger partial charge in [-0.15, -0.1) is 0 Å². The summed E-state index contributed by atoms with van der Waals surface area (Å²) in [6.07, 6.45) is 3.41. The number of ether oxygens (including phenoxy) is 1. The van der Waals surface area contributed by atoms with E-state index < -0.39 is 0 Å². The Bertz CT molecular complexity index is 1400. The van der Waals surface area contributed by atoms with E-state index in [-0.39, 0.29) is 11.5 Å². The molecule has 4 aromatic rings. The Morgan fingerprint density at radius 3 is 2.50 bits per heavy atom. The summed E-state index contributed by atoms with van der Waals surface area (Å²) in [5.41, 5.74) is 4.84. The molecule has 2 aromatic carbocycles. The second-order valence-corrected chi connectivity index (χ2v) is 8.49. The summed E-state index contributed by atoms with van der Waals surface area (Å²) in [6.45, 7) is 5.65. The lowest BCUT2D eigenvalue weighted by Gasteiger charge is -2.29. The van der Waals surface area contributed by atoms with E-state index >= 15 is 0 Å². The van der Waals surface area contributed by atoms with Crippen molar-refractivity contribution in [2.45, 2.75) is 20.4 Å². The molecule has 0 unspecified atom stereocenters. The fourth-order valence-electron chi connectivity index (χ4n) is 4.25. The van der Waals surface area contributed by atoms with Crippen LogP contribution in [0.15, 0.2) is 78.0 Å². The van der Waals surface area contributed by atoms with E-state index in [1.807, 2.05) is 31.2 Å². The largest absolute Gasteiger partial charge is 0.491 e. The van der Waals surface area contributed by atoms with Gasteiger partial charge in [0.15, 0.2) is 0 Å². The van der Waals surface area contributed by atoms with Gasteiger partial charge >= 0.3 is 0 Å². The highest BCUT2D eigenvalue weighted by molar-refractivity contribution is 5.93. The molecular formula is C27H26N4O3. The van der Waals surface area contributed by atoms with Gasteiger partial charge in [0.05, 0.1) is 18.6 Å². The fourth-order valence-corrected chi connectivity index (χ4v) is 4.25. The Balaban J connectivity index is 1.29. The monoisotopic (exact) mass is 454 g/mol. The van der Waals surface area contributed by atoms with Gasteiger partial charge in [-0.2, -0.15) is 0 Å². The highest BCUT2D eigenvalue weighted by Crippen LogP contribution is 2.30. The van der Waals surface area contributed by atoms with Gasteiger partial charge in [0.25, 0.3) is 11.5 Å². The molecule has 172 valence electrons. The lowest BCUT2D eigenvalue weighted by atomic mass is 10.0. The number of benzene rings is 2. The maximum absolute atomic E-state index is 13.1. The molecule has 5 rings (SSSR count). The zero-order valence-electron chi connectivity index (χ0n) is 19.3. The number of fused-ring (bicyclic) bond motifs is 1. The third-order valence-corrected chi connectivity index (χ3v) is 6.11. The molecule has 0 spiro atoms. The minimum Gasteiger partial charge on any atom is -0.491 e. The summed E-state index contributed by atoms with van der Waals surface area (Å²) in [7, 11) is 0. The lowest BCUT2D eigenvalue weighted by molar-refractivity contribution is 0.0673. The van der Waals surface area contributed by atoms with Crippen LogP contribution in [0.25, 0.3) is 16.8 Å². The van der Waals surface area contributed by atoms with E-state index in [1.54, 1.807) is 38.7 Å². The normalized spacial score (nSPS) is 13.1. The van der Waals surface area contributed by atoms with Crippen LogP contribution in [0.2, 0.25) is 0 Å². The van der Waals surface area contributed by atoms with Gasteiger partial charge in [-0.05, 0) is 37.6 Å². The van der Waals surface area contributed by atoms with Crippen molar-refractivity contribution in [3.63, 3.8) is 0 Å². The predicted molar refractivity (Wildman–Crippen MR) is 131 cm³/mol. The standard InChI is InChI=1S/C27H26N4O3/c1-19-7-9-21(10-8-19)22-5-3-4-6-25(22)34-16-15-29-13-14-31-24(26(29)32)12-11-23(27(31)33)30-17-20(2)28-18-30/h3-12,17-18H,13-16H2,1-2H3. The fraction of sp³-hybridized carbons (Fsp3) is 0.222. The van der Waals surface area contributed by atoms with Gasteiger partial charge in [0.1, 0.15) is 23.7 Å². The first kappa shape index (κ1) is 21.7. The zero-order valence-corrected chi connectivity index (χ0v) is 19.3. The quantitative estimate of drug-likeness (QED) is 0.444. The molecule has 0 saturated carbocycles. The molecule has 0 radical (unpaired) electrons. The molecule has 1 aliphatic heterocycles. The summed E-state index contributed by atoms with van der Waals surface area (Å²) in [4.78, 5) is 32.0. The van der Waals surface area contributed by atoms with E-state index in [0.717, 1.165) is 22.6 Å². The third kappa shape index (κ3) is 4.12. The van der Waals surface area contributed by atoms with E-state index in [9.17, 15) is 9.59 Å². The number of rotatable bonds is 6. The molecule has 7 heteroatoms. The third-order valence-electron chi connectivity index (χ3n) is 6.11. The number of aryl methyl sites for hydroxylation is 2. The maximum atomic E-state index is 13.1. The molecule has 34 heavy (non-hydrogen) atoms. The molecule has 2 aromatic heterocycles. The Kier molecular flexibility index (Phi) is 5.76. The predicted octanol–water partition coefficient (Wildman–Crippen LogP) is 3.85. The number of hydrogen-bond donors (Lipinski definition) is 0. The van der Waals surface area contributed by atoms with Crippen molar-refractivity contribution in [2.24, 2.45) is 0 Å². The average Bonchev–Trinajstić information content (AvgIpc) is 3.28. The van der Waals surface area contributed by atoms with Crippen molar-refractivity contribution in [2.75, 3.05) is 19.7 Å². The Morgan fingerprint density at radius 1 is 0.941 bits per heavy atom. The van der Waals surface area contributed by atoms with E-state index in [4.69, 9.17) is 4.74 Å². The Morgan fingerprint density at radius 2 is 1.74 bits per heavy atom. The van der Waals surface area contributed by atoms with Crippen LogP contribution >= 0.6 is 0 Å². The second kappa shape index (κ2) is 9.02. The van der Waals surface area contributed by atoms with E-state index in [2.05, 4.69) is 36.2 Å². The Hall–Kier alpha value is -4.13. The summed E-state index contributed by atoms with van der Waals surface area (Å²) in [5, 5.41) is 0. The number of aromatic nitrogens is 3. The summed E-state index contributed by atoms with van der Waals surface area (Å²) in [5.74, 6) is 0.625. The number of carbonyl (C=O) groups excluding carboxylic acids is 1. The maximum Gasteiger partial charge on any atom is 0.275 e. The molecule has 0 atom stereocenters. The van der Waals surface area contributed by atoms with Crippen molar-refractivity contribution in [1.82, 2.24) is 19.0 Å². The van der Waals surface area contributed by atoms with Gasteiger partial charge in [-0.3, -0.25) is 9.59 Å². The van der Waals surface area contributed by atoms with Crippen LogP contribution in [0.1, 0.15) is 21.7 Å². The molecule has 0 N–H and O–H groups in total. The van der Waals surface area contributed by atoms with Crippen LogP contribution in [0.5, 0.6) is 5.75 Å². The number of amides is 1. The molecule has 0 bridgehead atoms. The van der Waals surface area contributed by atoms with E-state index in [1.165, 1.54) is 5.56 Å². The number of para-hydroxylation sites is 1. The number of carbonyl (C=O) groups is 1. The minimum atomic E-state index is -0.189. The summed E-state index contributed by atoms with van der Waals surface area (Å²) in [6, 6.07) is 19.6. The van der Waals surface area contributed by atoms with Crippen LogP contribution in [0.3, 0.4) is 0 Å². The van der Waals surface area contributed by atoms with Crippen LogP contribution < -0.4 is 10.3 Å². The van der Waals surface area contributed by atoms with Crippen molar-refractivity contribution in [1.29, 1.82) is 0 Å². The minimum absolute atomic E-state index is 0.160. The SMILES string of the molecule is Cc1ccc(-c2ccccc2OCCN2CCn3c(ccc(-n4cnc(C)c4)c3=O)C2=O)cc1. The first-order valence-corrected chi connectivity index (χ1v) is 11.3. The second-order valence-electron chi connectivity index (χ2n) is 8.49. The van der Waals surface area contributed by atoms with Gasteiger partial charge in [-0.25, -0.2) is 4.98 Å². The molecule has 0 aliphatic carbocycles. The van der Waals surface area contributed by atoms with Gasteiger partial charge < -0.3 is 18.8 Å². The summed E-state index contributed by atoms with van der Waals surface area (Å²) < 4.78 is 9.34. The first-order chi connectivity index (χ1) is 16.5. The van der Waals surface area contributed by atoms with Crippen LogP contribution in [-0.4, -0.2) is 44.6 Å². The number of imidazole rings is 1. The highest BCUT2D eigenvalue weighted by Gasteiger charge is 2.26. The average molecular weight is 455 g/mol. The van der Waals surface area contributed by atoms with Gasteiger partial charge in [0.2, 0.25) is 0 Å². The van der Waals surface area contributed by atoms with Crippen molar-refractivity contribution < 1.29 is 9.53 Å². The molecule has 0 saturated heterocycles. The first-order valence-electron chi connectivity index (χ1n) is 11.3. The van der Waals surface area contributed by atoms with Gasteiger partial charge in [-0.1, -0.05) is 48.0 Å².